The van der Waals surface area contributed by atoms with Crippen molar-refractivity contribution in [2.45, 2.75) is 31.3 Å². The lowest BCUT2D eigenvalue weighted by Crippen LogP contribution is -2.41. The van der Waals surface area contributed by atoms with E-state index in [-0.39, 0.29) is 17.6 Å². The van der Waals surface area contributed by atoms with E-state index in [1.54, 1.807) is 36.4 Å². The largest absolute Gasteiger partial charge is 0.322 e. The van der Waals surface area contributed by atoms with Crippen molar-refractivity contribution in [1.29, 1.82) is 0 Å². The van der Waals surface area contributed by atoms with Crippen molar-refractivity contribution in [3.63, 3.8) is 0 Å². The third-order valence-corrected chi connectivity index (χ3v) is 5.44. The van der Waals surface area contributed by atoms with Gasteiger partial charge in [-0.2, -0.15) is 0 Å². The molecule has 1 amide bonds. The first-order chi connectivity index (χ1) is 11.6. The number of carbonyl (C=O) groups excluding carboxylic acids is 1. The van der Waals surface area contributed by atoms with E-state index in [2.05, 4.69) is 10.6 Å². The monoisotopic (exact) mass is 344 g/mol. The maximum atomic E-state index is 14.9. The van der Waals surface area contributed by atoms with Crippen LogP contribution < -0.4 is 10.6 Å². The molecule has 2 fully saturated rings. The number of hydrogen-bond donors (Lipinski definition) is 2. The smallest absolute Gasteiger partial charge is 0.241 e. The van der Waals surface area contributed by atoms with Crippen LogP contribution in [0, 0.1) is 11.7 Å². The molecule has 1 aliphatic carbocycles. The molecule has 1 saturated carbocycles. The maximum Gasteiger partial charge on any atom is 0.241 e. The molecule has 0 radical (unpaired) electrons. The van der Waals surface area contributed by atoms with Crippen LogP contribution in [0.15, 0.2) is 42.5 Å². The van der Waals surface area contributed by atoms with Gasteiger partial charge in [0.15, 0.2) is 5.82 Å². The molecule has 3 atom stereocenters. The van der Waals surface area contributed by atoms with E-state index in [4.69, 9.17) is 11.6 Å². The summed E-state index contributed by atoms with van der Waals surface area (Å²) >= 11 is 6.17. The van der Waals surface area contributed by atoms with Gasteiger partial charge in [0, 0.05) is 22.2 Å². The molecule has 3 nitrogen and oxygen atoms in total. The number of carbonyl (C=O) groups is 1. The van der Waals surface area contributed by atoms with Gasteiger partial charge in [-0.25, -0.2) is 4.39 Å². The molecule has 1 heterocycles. The zero-order chi connectivity index (χ0) is 16.7. The summed E-state index contributed by atoms with van der Waals surface area (Å²) < 4.78 is 14.9. The topological polar surface area (TPSA) is 41.1 Å². The third-order valence-electron chi connectivity index (χ3n) is 5.11. The second kappa shape index (κ2) is 6.19. The van der Waals surface area contributed by atoms with Crippen molar-refractivity contribution in [2.24, 2.45) is 5.92 Å². The van der Waals surface area contributed by atoms with Crippen molar-refractivity contribution in [3.8, 4) is 11.1 Å². The van der Waals surface area contributed by atoms with E-state index in [9.17, 15) is 9.18 Å². The van der Waals surface area contributed by atoms with Crippen molar-refractivity contribution < 1.29 is 9.18 Å². The fraction of sp³-hybridized carbons (Fsp3) is 0.316. The number of hydrogen-bond acceptors (Lipinski definition) is 2. The molecule has 2 aromatic carbocycles. The molecule has 2 N–H and O–H groups in total. The van der Waals surface area contributed by atoms with Gasteiger partial charge >= 0.3 is 0 Å². The van der Waals surface area contributed by atoms with Gasteiger partial charge in [0.1, 0.15) is 0 Å². The standard InChI is InChI=1S/C19H18ClFN2O/c20-14-6-2-1-4-12(14)13-5-3-7-16(18(13)21)23-19(24)17-10-11-8-9-15(11)22-17/h1-7,11,15,17,22H,8-10H2,(H,23,24). The van der Waals surface area contributed by atoms with E-state index in [1.807, 2.05) is 6.07 Å². The highest BCUT2D eigenvalue weighted by Crippen LogP contribution is 2.37. The van der Waals surface area contributed by atoms with Crippen LogP contribution in [-0.4, -0.2) is 18.0 Å². The summed E-state index contributed by atoms with van der Waals surface area (Å²) in [6.45, 7) is 0. The van der Waals surface area contributed by atoms with Crippen LogP contribution in [0.3, 0.4) is 0 Å². The van der Waals surface area contributed by atoms with Gasteiger partial charge in [-0.1, -0.05) is 41.9 Å². The third kappa shape index (κ3) is 2.70. The molecule has 24 heavy (non-hydrogen) atoms. The summed E-state index contributed by atoms with van der Waals surface area (Å²) in [5.41, 5.74) is 1.20. The number of rotatable bonds is 3. The Labute approximate surface area is 145 Å². The van der Waals surface area contributed by atoms with Crippen LogP contribution in [0.25, 0.3) is 11.1 Å². The van der Waals surface area contributed by atoms with Crippen LogP contribution in [0.4, 0.5) is 10.1 Å². The maximum absolute atomic E-state index is 14.9. The minimum atomic E-state index is -0.458. The number of anilines is 1. The van der Waals surface area contributed by atoms with Crippen molar-refractivity contribution >= 4 is 23.2 Å². The van der Waals surface area contributed by atoms with Gasteiger partial charge in [-0.3, -0.25) is 4.79 Å². The van der Waals surface area contributed by atoms with Gasteiger partial charge in [-0.05, 0) is 37.3 Å². The number of benzene rings is 2. The highest BCUT2D eigenvalue weighted by molar-refractivity contribution is 6.33. The van der Waals surface area contributed by atoms with Crippen LogP contribution in [0.1, 0.15) is 19.3 Å². The van der Waals surface area contributed by atoms with Gasteiger partial charge in [0.2, 0.25) is 5.91 Å². The molecule has 2 aromatic rings. The molecular weight excluding hydrogens is 327 g/mol. The fourth-order valence-electron chi connectivity index (χ4n) is 3.62. The van der Waals surface area contributed by atoms with Crippen LogP contribution in [0.5, 0.6) is 0 Å². The van der Waals surface area contributed by atoms with Crippen LogP contribution in [0.2, 0.25) is 5.02 Å². The predicted molar refractivity (Wildman–Crippen MR) is 93.5 cm³/mol. The molecule has 1 saturated heterocycles. The number of fused-ring (bicyclic) bond motifs is 1. The SMILES string of the molecule is O=C(Nc1cccc(-c2ccccc2Cl)c1F)C1CC2CCC2N1. The van der Waals surface area contributed by atoms with E-state index in [1.165, 1.54) is 6.42 Å². The zero-order valence-electron chi connectivity index (χ0n) is 13.1. The molecule has 0 aromatic heterocycles. The summed E-state index contributed by atoms with van der Waals surface area (Å²) in [6.07, 6.45) is 3.14. The van der Waals surface area contributed by atoms with E-state index in [0.29, 0.717) is 28.1 Å². The molecule has 124 valence electrons. The molecule has 4 rings (SSSR count). The minimum absolute atomic E-state index is 0.167. The normalized spacial score (nSPS) is 25.0. The summed E-state index contributed by atoms with van der Waals surface area (Å²) in [5, 5.41) is 6.54. The van der Waals surface area contributed by atoms with Gasteiger partial charge in [-0.15, -0.1) is 0 Å². The first-order valence-electron chi connectivity index (χ1n) is 8.24. The Kier molecular flexibility index (Phi) is 4.02. The van der Waals surface area contributed by atoms with Gasteiger partial charge < -0.3 is 10.6 Å². The Balaban J connectivity index is 1.57. The molecule has 0 spiro atoms. The minimum Gasteiger partial charge on any atom is -0.322 e. The molecular formula is C19H18ClFN2O. The summed E-state index contributed by atoms with van der Waals surface area (Å²) in [6, 6.07) is 12.3. The van der Waals surface area contributed by atoms with Crippen LogP contribution >= 0.6 is 11.6 Å². The molecule has 0 bridgehead atoms. The average molecular weight is 345 g/mol. The molecule has 5 heteroatoms. The zero-order valence-corrected chi connectivity index (χ0v) is 13.8. The second-order valence-corrected chi connectivity index (χ2v) is 6.94. The van der Waals surface area contributed by atoms with Crippen molar-refractivity contribution in [1.82, 2.24) is 5.32 Å². The highest BCUT2D eigenvalue weighted by atomic mass is 35.5. The predicted octanol–water partition coefficient (Wildman–Crippen LogP) is 4.23. The summed E-state index contributed by atoms with van der Waals surface area (Å²) in [4.78, 5) is 12.4. The lowest BCUT2D eigenvalue weighted by Gasteiger charge is -2.29. The number of amides is 1. The Morgan fingerprint density at radius 1 is 1.12 bits per heavy atom. The Morgan fingerprint density at radius 3 is 2.58 bits per heavy atom. The van der Waals surface area contributed by atoms with E-state index < -0.39 is 5.82 Å². The van der Waals surface area contributed by atoms with E-state index >= 15 is 0 Å². The Hall–Kier alpha value is -1.91. The lowest BCUT2D eigenvalue weighted by atomic mass is 9.80. The molecule has 1 aliphatic heterocycles. The van der Waals surface area contributed by atoms with Crippen molar-refractivity contribution in [2.75, 3.05) is 5.32 Å². The lowest BCUT2D eigenvalue weighted by molar-refractivity contribution is -0.117. The first-order valence-corrected chi connectivity index (χ1v) is 8.61. The molecule has 2 aliphatic rings. The highest BCUT2D eigenvalue weighted by Gasteiger charge is 2.42. The Morgan fingerprint density at radius 2 is 1.92 bits per heavy atom. The second-order valence-electron chi connectivity index (χ2n) is 6.54. The van der Waals surface area contributed by atoms with E-state index in [0.717, 1.165) is 12.8 Å². The quantitative estimate of drug-likeness (QED) is 0.875. The Bertz CT molecular complexity index is 783. The fourth-order valence-corrected chi connectivity index (χ4v) is 3.86. The van der Waals surface area contributed by atoms with Gasteiger partial charge in [0.25, 0.3) is 0 Å². The number of nitrogens with one attached hydrogen (secondary N) is 2. The molecule has 3 unspecified atom stereocenters. The summed E-state index contributed by atoms with van der Waals surface area (Å²) in [5.74, 6) is -0.0282. The number of halogens is 2. The van der Waals surface area contributed by atoms with Crippen molar-refractivity contribution in [3.05, 3.63) is 53.3 Å². The summed E-state index contributed by atoms with van der Waals surface area (Å²) in [7, 11) is 0. The first kappa shape index (κ1) is 15.6. The van der Waals surface area contributed by atoms with Gasteiger partial charge in [0.05, 0.1) is 11.7 Å². The van der Waals surface area contributed by atoms with Crippen LogP contribution in [-0.2, 0) is 4.79 Å². The average Bonchev–Trinajstić information content (AvgIpc) is 2.85.